The number of amides is 1. The molecule has 5 aliphatic carbocycles. The fourth-order valence-corrected chi connectivity index (χ4v) is 9.86. The van der Waals surface area contributed by atoms with Gasteiger partial charge in [-0.3, -0.25) is 9.59 Å². The molecule has 0 bridgehead atoms. The summed E-state index contributed by atoms with van der Waals surface area (Å²) < 4.78 is 5.88. The molecular weight excluding hydrogens is 482 g/mol. The molecule has 5 rings (SSSR count). The highest BCUT2D eigenvalue weighted by molar-refractivity contribution is 5.86. The van der Waals surface area contributed by atoms with Gasteiger partial charge in [-0.25, -0.2) is 0 Å². The first-order valence-electron chi connectivity index (χ1n) is 16.1. The van der Waals surface area contributed by atoms with Crippen molar-refractivity contribution in [2.75, 3.05) is 6.54 Å². The molecule has 0 aromatic carbocycles. The van der Waals surface area contributed by atoms with Crippen LogP contribution in [0.2, 0.25) is 0 Å². The van der Waals surface area contributed by atoms with Gasteiger partial charge >= 0.3 is 5.97 Å². The van der Waals surface area contributed by atoms with Crippen LogP contribution in [0, 0.1) is 52.3 Å². The Morgan fingerprint density at radius 2 is 1.77 bits per heavy atom. The minimum atomic E-state index is -0.315. The number of rotatable bonds is 9. The van der Waals surface area contributed by atoms with Crippen molar-refractivity contribution in [3.05, 3.63) is 36.0 Å². The second kappa shape index (κ2) is 11.6. The van der Waals surface area contributed by atoms with Crippen molar-refractivity contribution in [1.29, 1.82) is 0 Å². The van der Waals surface area contributed by atoms with Crippen LogP contribution >= 0.6 is 0 Å². The lowest BCUT2D eigenvalue weighted by Gasteiger charge is -2.58. The highest BCUT2D eigenvalue weighted by Crippen LogP contribution is 2.67. The molecule has 0 aromatic heterocycles. The standard InChI is InChI=1S/C35H53NO3/c1-23(2)9-8-10-24(3)29-15-16-30-28-14-13-26-21-27(17-19-34(26,4)31(28)18-20-35(29,30)5)39-32(37)22-36-33(38)25-11-6-7-12-25/h6-7,11-13,23-25,27-31H,8-10,14-22H2,1-5H3,(H,36,38)/t24-,27+,28+,29-,30+,31+,34+,35-/m1/s1. The third kappa shape index (κ3) is 5.68. The Kier molecular flexibility index (Phi) is 8.51. The van der Waals surface area contributed by atoms with E-state index in [0.29, 0.717) is 5.41 Å². The summed E-state index contributed by atoms with van der Waals surface area (Å²) in [6.45, 7) is 12.4. The second-order valence-electron chi connectivity index (χ2n) is 14.7. The fraction of sp³-hybridized carbons (Fsp3) is 0.771. The maximum atomic E-state index is 12.6. The molecule has 0 spiro atoms. The molecule has 0 heterocycles. The van der Waals surface area contributed by atoms with E-state index < -0.39 is 0 Å². The molecule has 3 saturated carbocycles. The summed E-state index contributed by atoms with van der Waals surface area (Å²) in [7, 11) is 0. The van der Waals surface area contributed by atoms with Crippen molar-refractivity contribution in [2.24, 2.45) is 52.3 Å². The van der Waals surface area contributed by atoms with Gasteiger partial charge in [0.1, 0.15) is 12.6 Å². The molecule has 216 valence electrons. The fourth-order valence-electron chi connectivity index (χ4n) is 9.86. The summed E-state index contributed by atoms with van der Waals surface area (Å²) in [5.74, 6) is 4.29. The SMILES string of the molecule is CC(C)CCC[C@@H](C)[C@H]1CC[C@H]2[C@@H]3CC=C4C[C@@H](OC(=O)CNC(=O)C5C=CC=C5)CC[C@]4(C)[C@H]3CC[C@]12C. The average molecular weight is 536 g/mol. The molecule has 0 unspecified atom stereocenters. The Morgan fingerprint density at radius 3 is 2.51 bits per heavy atom. The molecule has 8 atom stereocenters. The van der Waals surface area contributed by atoms with E-state index in [1.54, 1.807) is 5.57 Å². The van der Waals surface area contributed by atoms with E-state index in [4.69, 9.17) is 4.74 Å². The summed E-state index contributed by atoms with van der Waals surface area (Å²) in [4.78, 5) is 24.8. The summed E-state index contributed by atoms with van der Waals surface area (Å²) in [6.07, 6.45) is 23.8. The Balaban J connectivity index is 1.17. The van der Waals surface area contributed by atoms with Crippen molar-refractivity contribution < 1.29 is 14.3 Å². The van der Waals surface area contributed by atoms with Crippen molar-refractivity contribution in [2.45, 2.75) is 111 Å². The number of nitrogens with one attached hydrogen (secondary N) is 1. The first-order chi connectivity index (χ1) is 18.6. The number of hydrogen-bond donors (Lipinski definition) is 1. The number of esters is 1. The quantitative estimate of drug-likeness (QED) is 0.242. The Hall–Kier alpha value is -1.84. The average Bonchev–Trinajstić information content (AvgIpc) is 3.55. The lowest BCUT2D eigenvalue weighted by atomic mass is 9.47. The molecule has 0 aliphatic heterocycles. The predicted molar refractivity (Wildman–Crippen MR) is 158 cm³/mol. The Morgan fingerprint density at radius 1 is 1.00 bits per heavy atom. The van der Waals surface area contributed by atoms with Crippen molar-refractivity contribution in [3.63, 3.8) is 0 Å². The van der Waals surface area contributed by atoms with E-state index >= 15 is 0 Å². The van der Waals surface area contributed by atoms with E-state index in [9.17, 15) is 9.59 Å². The van der Waals surface area contributed by atoms with Gasteiger partial charge in [0.15, 0.2) is 0 Å². The lowest BCUT2D eigenvalue weighted by molar-refractivity contribution is -0.151. The molecule has 1 N–H and O–H groups in total. The third-order valence-electron chi connectivity index (χ3n) is 12.0. The largest absolute Gasteiger partial charge is 0.461 e. The van der Waals surface area contributed by atoms with Crippen molar-refractivity contribution >= 4 is 11.9 Å². The van der Waals surface area contributed by atoms with Gasteiger partial charge in [0.2, 0.25) is 5.91 Å². The predicted octanol–water partition coefficient (Wildman–Crippen LogP) is 7.80. The molecule has 4 heteroatoms. The van der Waals surface area contributed by atoms with E-state index in [1.807, 2.05) is 24.3 Å². The summed E-state index contributed by atoms with van der Waals surface area (Å²) in [5, 5.41) is 2.74. The van der Waals surface area contributed by atoms with Crippen molar-refractivity contribution in [1.82, 2.24) is 5.32 Å². The second-order valence-corrected chi connectivity index (χ2v) is 14.7. The number of carbonyl (C=O) groups excluding carboxylic acids is 2. The monoisotopic (exact) mass is 535 g/mol. The van der Waals surface area contributed by atoms with Crippen LogP contribution in [0.3, 0.4) is 0 Å². The van der Waals surface area contributed by atoms with E-state index in [0.717, 1.165) is 54.8 Å². The van der Waals surface area contributed by atoms with Crippen LogP contribution in [-0.4, -0.2) is 24.5 Å². The number of carbonyl (C=O) groups is 2. The van der Waals surface area contributed by atoms with Gasteiger partial charge in [0.05, 0.1) is 5.92 Å². The molecule has 39 heavy (non-hydrogen) atoms. The maximum absolute atomic E-state index is 12.6. The van der Waals surface area contributed by atoms with Crippen LogP contribution < -0.4 is 5.32 Å². The highest BCUT2D eigenvalue weighted by atomic mass is 16.5. The van der Waals surface area contributed by atoms with Crippen LogP contribution in [0.15, 0.2) is 36.0 Å². The van der Waals surface area contributed by atoms with Gasteiger partial charge < -0.3 is 10.1 Å². The van der Waals surface area contributed by atoms with Crippen LogP contribution in [-0.2, 0) is 14.3 Å². The lowest BCUT2D eigenvalue weighted by Crippen LogP contribution is -2.51. The summed E-state index contributed by atoms with van der Waals surface area (Å²) in [5.41, 5.74) is 2.31. The molecule has 4 nitrogen and oxygen atoms in total. The maximum Gasteiger partial charge on any atom is 0.325 e. The highest BCUT2D eigenvalue weighted by Gasteiger charge is 2.59. The van der Waals surface area contributed by atoms with Gasteiger partial charge in [-0.2, -0.15) is 0 Å². The minimum Gasteiger partial charge on any atom is -0.461 e. The van der Waals surface area contributed by atoms with Gasteiger partial charge in [-0.15, -0.1) is 0 Å². The molecular formula is C35H53NO3. The van der Waals surface area contributed by atoms with Crippen LogP contribution in [0.5, 0.6) is 0 Å². The van der Waals surface area contributed by atoms with E-state index in [-0.39, 0.29) is 35.9 Å². The van der Waals surface area contributed by atoms with E-state index in [2.05, 4.69) is 46.0 Å². The Labute approximate surface area is 237 Å². The number of hydrogen-bond acceptors (Lipinski definition) is 3. The van der Waals surface area contributed by atoms with Crippen LogP contribution in [0.4, 0.5) is 0 Å². The Bertz CT molecular complexity index is 997. The van der Waals surface area contributed by atoms with Gasteiger partial charge in [0, 0.05) is 6.42 Å². The van der Waals surface area contributed by atoms with Gasteiger partial charge in [-0.05, 0) is 91.3 Å². The topological polar surface area (TPSA) is 55.4 Å². The summed E-state index contributed by atoms with van der Waals surface area (Å²) in [6, 6.07) is 0. The van der Waals surface area contributed by atoms with Crippen LogP contribution in [0.25, 0.3) is 0 Å². The minimum absolute atomic E-state index is 0.0498. The first-order valence-corrected chi connectivity index (χ1v) is 16.1. The van der Waals surface area contributed by atoms with Gasteiger partial charge in [0.25, 0.3) is 0 Å². The zero-order valence-electron chi connectivity index (χ0n) is 25.2. The molecule has 0 aromatic rings. The number of fused-ring (bicyclic) bond motifs is 5. The normalized spacial score (nSPS) is 38.1. The first kappa shape index (κ1) is 28.7. The zero-order valence-corrected chi connectivity index (χ0v) is 25.2. The van der Waals surface area contributed by atoms with Crippen molar-refractivity contribution in [3.8, 4) is 0 Å². The smallest absolute Gasteiger partial charge is 0.325 e. The molecule has 1 amide bonds. The molecule has 0 saturated heterocycles. The molecule has 3 fully saturated rings. The van der Waals surface area contributed by atoms with E-state index in [1.165, 1.54) is 51.4 Å². The number of allylic oxidation sites excluding steroid dienone is 3. The number of ether oxygens (including phenoxy) is 1. The molecule has 5 aliphatic rings. The summed E-state index contributed by atoms with van der Waals surface area (Å²) >= 11 is 0. The zero-order chi connectivity index (χ0) is 27.8. The third-order valence-corrected chi connectivity index (χ3v) is 12.0. The van der Waals surface area contributed by atoms with Crippen LogP contribution in [0.1, 0.15) is 105 Å². The van der Waals surface area contributed by atoms with Gasteiger partial charge in [-0.1, -0.05) is 89.8 Å². The molecule has 0 radical (unpaired) electrons.